The van der Waals surface area contributed by atoms with Crippen LogP contribution in [0.1, 0.15) is 18.9 Å². The van der Waals surface area contributed by atoms with Crippen molar-refractivity contribution in [2.45, 2.75) is 26.8 Å². The molecular weight excluding hydrogens is 264 g/mol. The Morgan fingerprint density at radius 3 is 2.67 bits per heavy atom. The van der Waals surface area contributed by atoms with Crippen LogP contribution in [0, 0.1) is 6.92 Å². The Morgan fingerprint density at radius 1 is 1.10 bits per heavy atom. The molecule has 0 aliphatic heterocycles. The van der Waals surface area contributed by atoms with Gasteiger partial charge in [-0.25, -0.2) is 4.98 Å². The Morgan fingerprint density at radius 2 is 1.90 bits per heavy atom. The summed E-state index contributed by atoms with van der Waals surface area (Å²) in [5.74, 6) is 0.928. The van der Waals surface area contributed by atoms with E-state index in [2.05, 4.69) is 28.6 Å². The van der Waals surface area contributed by atoms with Crippen molar-refractivity contribution in [3.8, 4) is 22.9 Å². The van der Waals surface area contributed by atoms with Crippen LogP contribution in [0.25, 0.3) is 22.4 Å². The van der Waals surface area contributed by atoms with E-state index in [-0.39, 0.29) is 11.5 Å². The number of hydrogen-bond acceptors (Lipinski definition) is 3. The molecule has 0 unspecified atom stereocenters. The smallest absolute Gasteiger partial charge is 0.145 e. The number of aromatic nitrogens is 2. The number of aryl methyl sites for hydroxylation is 2. The maximum Gasteiger partial charge on any atom is 0.145 e. The highest BCUT2D eigenvalue weighted by Gasteiger charge is 2.15. The van der Waals surface area contributed by atoms with Crippen molar-refractivity contribution >= 4 is 11.0 Å². The molecule has 0 spiro atoms. The second kappa shape index (κ2) is 5.13. The fraction of sp³-hybridized carbons (Fsp3) is 0.235. The molecule has 0 saturated heterocycles. The monoisotopic (exact) mass is 282 g/mol. The predicted molar refractivity (Wildman–Crippen MR) is 83.5 cm³/mol. The highest BCUT2D eigenvalue weighted by atomic mass is 16.3. The quantitative estimate of drug-likeness (QED) is 0.718. The van der Waals surface area contributed by atoms with E-state index in [1.54, 1.807) is 6.07 Å². The second-order valence-corrected chi connectivity index (χ2v) is 5.28. The van der Waals surface area contributed by atoms with Gasteiger partial charge in [-0.05, 0) is 49.2 Å². The van der Waals surface area contributed by atoms with Crippen LogP contribution in [0.15, 0.2) is 36.4 Å². The molecular formula is C17H18N2O2. The Kier molecular flexibility index (Phi) is 3.29. The maximum atomic E-state index is 10.1. The van der Waals surface area contributed by atoms with Crippen LogP contribution in [0.2, 0.25) is 0 Å². The molecule has 0 atom stereocenters. The summed E-state index contributed by atoms with van der Waals surface area (Å²) < 4.78 is 2.09. The normalized spacial score (nSPS) is 11.1. The Balaban J connectivity index is 2.30. The number of aromatic hydroxyl groups is 2. The average molecular weight is 282 g/mol. The molecule has 1 aromatic heterocycles. The molecule has 1 heterocycles. The van der Waals surface area contributed by atoms with Gasteiger partial charge in [-0.2, -0.15) is 0 Å². The zero-order chi connectivity index (χ0) is 15.0. The third kappa shape index (κ3) is 2.33. The van der Waals surface area contributed by atoms with E-state index in [4.69, 9.17) is 0 Å². The van der Waals surface area contributed by atoms with E-state index in [1.165, 1.54) is 12.1 Å². The van der Waals surface area contributed by atoms with Gasteiger partial charge in [-0.3, -0.25) is 0 Å². The van der Waals surface area contributed by atoms with Gasteiger partial charge in [0.15, 0.2) is 0 Å². The molecule has 21 heavy (non-hydrogen) atoms. The highest BCUT2D eigenvalue weighted by molar-refractivity contribution is 5.82. The van der Waals surface area contributed by atoms with E-state index < -0.39 is 0 Å². The van der Waals surface area contributed by atoms with E-state index >= 15 is 0 Å². The average Bonchev–Trinajstić information content (AvgIpc) is 2.80. The molecule has 0 amide bonds. The van der Waals surface area contributed by atoms with Crippen molar-refractivity contribution in [3.63, 3.8) is 0 Å². The minimum absolute atomic E-state index is 0.120. The minimum atomic E-state index is 0.120. The summed E-state index contributed by atoms with van der Waals surface area (Å²) in [6.45, 7) is 4.94. The number of rotatable bonds is 3. The van der Waals surface area contributed by atoms with Gasteiger partial charge in [0.2, 0.25) is 0 Å². The van der Waals surface area contributed by atoms with Gasteiger partial charge >= 0.3 is 0 Å². The van der Waals surface area contributed by atoms with Gasteiger partial charge in [0.1, 0.15) is 17.3 Å². The SMILES string of the molecule is CCCn1c(-c2cc(O)ccc2O)nc2cc(C)ccc21. The van der Waals surface area contributed by atoms with Gasteiger partial charge in [-0.15, -0.1) is 0 Å². The first-order valence-corrected chi connectivity index (χ1v) is 7.09. The molecule has 0 radical (unpaired) electrons. The van der Waals surface area contributed by atoms with Gasteiger partial charge in [-0.1, -0.05) is 13.0 Å². The molecule has 0 bridgehead atoms. The first-order valence-electron chi connectivity index (χ1n) is 7.09. The van der Waals surface area contributed by atoms with Gasteiger partial charge < -0.3 is 14.8 Å². The van der Waals surface area contributed by atoms with E-state index in [1.807, 2.05) is 13.0 Å². The summed E-state index contributed by atoms with van der Waals surface area (Å²) in [7, 11) is 0. The predicted octanol–water partition coefficient (Wildman–Crippen LogP) is 3.83. The lowest BCUT2D eigenvalue weighted by molar-refractivity contribution is 0.461. The van der Waals surface area contributed by atoms with Crippen molar-refractivity contribution in [1.29, 1.82) is 0 Å². The summed E-state index contributed by atoms with van der Waals surface area (Å²) >= 11 is 0. The molecule has 2 N–H and O–H groups in total. The number of benzene rings is 2. The van der Waals surface area contributed by atoms with Crippen molar-refractivity contribution in [1.82, 2.24) is 9.55 Å². The van der Waals surface area contributed by atoms with Crippen LogP contribution in [0.5, 0.6) is 11.5 Å². The van der Waals surface area contributed by atoms with Gasteiger partial charge in [0.05, 0.1) is 16.6 Å². The minimum Gasteiger partial charge on any atom is -0.508 e. The first-order chi connectivity index (χ1) is 10.1. The molecule has 0 aliphatic rings. The van der Waals surface area contributed by atoms with Crippen molar-refractivity contribution in [2.75, 3.05) is 0 Å². The molecule has 3 aromatic rings. The van der Waals surface area contributed by atoms with Crippen LogP contribution in [-0.2, 0) is 6.54 Å². The van der Waals surface area contributed by atoms with Crippen molar-refractivity contribution in [3.05, 3.63) is 42.0 Å². The molecule has 0 fully saturated rings. The molecule has 0 aliphatic carbocycles. The van der Waals surface area contributed by atoms with Gasteiger partial charge in [0, 0.05) is 6.54 Å². The lowest BCUT2D eigenvalue weighted by Crippen LogP contribution is -1.99. The fourth-order valence-electron chi connectivity index (χ4n) is 2.60. The largest absolute Gasteiger partial charge is 0.508 e. The third-order valence-electron chi connectivity index (χ3n) is 3.57. The molecule has 4 nitrogen and oxygen atoms in total. The molecule has 4 heteroatoms. The number of hydrogen-bond donors (Lipinski definition) is 2. The summed E-state index contributed by atoms with van der Waals surface area (Å²) in [5, 5.41) is 19.8. The molecule has 3 rings (SSSR count). The Labute approximate surface area is 123 Å². The zero-order valence-electron chi connectivity index (χ0n) is 12.2. The van der Waals surface area contributed by atoms with Crippen LogP contribution in [0.4, 0.5) is 0 Å². The summed E-state index contributed by atoms with van der Waals surface area (Å²) in [5.41, 5.74) is 3.65. The topological polar surface area (TPSA) is 58.3 Å². The van der Waals surface area contributed by atoms with Crippen LogP contribution >= 0.6 is 0 Å². The summed E-state index contributed by atoms with van der Waals surface area (Å²) in [6, 6.07) is 10.7. The Hall–Kier alpha value is -2.49. The van der Waals surface area contributed by atoms with Crippen LogP contribution in [-0.4, -0.2) is 19.8 Å². The fourth-order valence-corrected chi connectivity index (χ4v) is 2.60. The lowest BCUT2D eigenvalue weighted by atomic mass is 10.1. The van der Waals surface area contributed by atoms with E-state index in [9.17, 15) is 10.2 Å². The maximum absolute atomic E-state index is 10.1. The Bertz CT molecular complexity index is 806. The number of phenolic OH excluding ortho intramolecular Hbond substituents is 2. The standard InChI is InChI=1S/C17H18N2O2/c1-3-8-19-15-6-4-11(2)9-14(15)18-17(19)13-10-12(20)5-7-16(13)21/h4-7,9-10,20-21H,3,8H2,1-2H3. The number of fused-ring (bicyclic) bond motifs is 1. The first kappa shape index (κ1) is 13.5. The van der Waals surface area contributed by atoms with Gasteiger partial charge in [0.25, 0.3) is 0 Å². The molecule has 2 aromatic carbocycles. The van der Waals surface area contributed by atoms with Crippen LogP contribution in [0.3, 0.4) is 0 Å². The van der Waals surface area contributed by atoms with E-state index in [0.29, 0.717) is 11.4 Å². The molecule has 108 valence electrons. The molecule has 0 saturated carbocycles. The van der Waals surface area contributed by atoms with Crippen molar-refractivity contribution < 1.29 is 10.2 Å². The summed E-state index contributed by atoms with van der Waals surface area (Å²) in [6.07, 6.45) is 0.964. The highest BCUT2D eigenvalue weighted by Crippen LogP contribution is 2.34. The number of imidazole rings is 1. The third-order valence-corrected chi connectivity index (χ3v) is 3.57. The number of phenols is 2. The summed E-state index contributed by atoms with van der Waals surface area (Å²) in [4.78, 5) is 4.66. The lowest BCUT2D eigenvalue weighted by Gasteiger charge is -2.09. The van der Waals surface area contributed by atoms with E-state index in [0.717, 1.165) is 29.6 Å². The zero-order valence-corrected chi connectivity index (χ0v) is 12.2. The van der Waals surface area contributed by atoms with Crippen molar-refractivity contribution in [2.24, 2.45) is 0 Å². The second-order valence-electron chi connectivity index (χ2n) is 5.28. The number of nitrogens with zero attached hydrogens (tertiary/aromatic N) is 2. The van der Waals surface area contributed by atoms with Crippen LogP contribution < -0.4 is 0 Å².